The molecule has 0 unspecified atom stereocenters. The van der Waals surface area contributed by atoms with Gasteiger partial charge in [-0.1, -0.05) is 41.4 Å². The molecule has 0 saturated heterocycles. The second-order valence-electron chi connectivity index (χ2n) is 6.22. The van der Waals surface area contributed by atoms with Crippen LogP contribution in [0, 0.1) is 0 Å². The maximum Gasteiger partial charge on any atom is 0.258 e. The van der Waals surface area contributed by atoms with Crippen LogP contribution in [0.2, 0.25) is 10.0 Å². The Balaban J connectivity index is 1.82. The Morgan fingerprint density at radius 1 is 1.00 bits per heavy atom. The minimum absolute atomic E-state index is 0.0808. The van der Waals surface area contributed by atoms with Crippen LogP contribution in [0.25, 0.3) is 0 Å². The number of carbonyl (C=O) groups excluding carboxylic acids is 1. The molecule has 0 radical (unpaired) electrons. The molecule has 4 rings (SSSR count). The summed E-state index contributed by atoms with van der Waals surface area (Å²) in [6.07, 6.45) is 2.85. The number of benzene rings is 2. The summed E-state index contributed by atoms with van der Waals surface area (Å²) in [7, 11) is 2.04. The van der Waals surface area contributed by atoms with Gasteiger partial charge in [0.25, 0.3) is 5.91 Å². The van der Waals surface area contributed by atoms with Crippen molar-refractivity contribution in [2.75, 3.05) is 4.90 Å². The van der Waals surface area contributed by atoms with Crippen molar-refractivity contribution < 1.29 is 4.79 Å². The molecule has 2 aromatic carbocycles. The van der Waals surface area contributed by atoms with E-state index in [0.717, 1.165) is 23.2 Å². The highest BCUT2D eigenvalue weighted by Crippen LogP contribution is 2.32. The maximum atomic E-state index is 13.2. The summed E-state index contributed by atoms with van der Waals surface area (Å²) in [5.41, 5.74) is 5.00. The lowest BCUT2D eigenvalue weighted by atomic mass is 10.1. The van der Waals surface area contributed by atoms with Gasteiger partial charge < -0.3 is 9.47 Å². The van der Waals surface area contributed by atoms with Gasteiger partial charge in [0.1, 0.15) is 0 Å². The normalized spacial score (nSPS) is 13.2. The number of nitrogens with zero attached hydrogens (tertiary/aromatic N) is 2. The second kappa shape index (κ2) is 6.25. The van der Waals surface area contributed by atoms with E-state index in [1.807, 2.05) is 36.3 Å². The monoisotopic (exact) mass is 370 g/mol. The van der Waals surface area contributed by atoms with Crippen LogP contribution in [0.3, 0.4) is 0 Å². The molecule has 1 aliphatic rings. The van der Waals surface area contributed by atoms with Gasteiger partial charge in [0, 0.05) is 36.6 Å². The molecule has 0 fully saturated rings. The number of aromatic nitrogens is 1. The van der Waals surface area contributed by atoms with Gasteiger partial charge in [0.2, 0.25) is 0 Å². The highest BCUT2D eigenvalue weighted by atomic mass is 35.5. The molecular formula is C20H16Cl2N2O. The van der Waals surface area contributed by atoms with Crippen molar-refractivity contribution in [1.82, 2.24) is 4.57 Å². The number of para-hydroxylation sites is 1. The third kappa shape index (κ3) is 2.84. The fraction of sp³-hybridized carbons (Fsp3) is 0.150. The highest BCUT2D eigenvalue weighted by Gasteiger charge is 2.26. The second-order valence-corrected chi connectivity index (χ2v) is 7.04. The molecular weight excluding hydrogens is 355 g/mol. The van der Waals surface area contributed by atoms with Gasteiger partial charge in [0.15, 0.2) is 0 Å². The predicted molar refractivity (Wildman–Crippen MR) is 102 cm³/mol. The van der Waals surface area contributed by atoms with E-state index in [1.165, 1.54) is 5.69 Å². The Kier molecular flexibility index (Phi) is 4.06. The molecule has 3 nitrogen and oxygen atoms in total. The molecule has 0 N–H and O–H groups in total. The predicted octanol–water partition coefficient (Wildman–Crippen LogP) is 5.08. The molecule has 2 heterocycles. The van der Waals surface area contributed by atoms with Crippen LogP contribution >= 0.6 is 23.2 Å². The first-order valence-electron chi connectivity index (χ1n) is 8.02. The zero-order valence-corrected chi connectivity index (χ0v) is 15.2. The lowest BCUT2D eigenvalue weighted by molar-refractivity contribution is 0.0985. The van der Waals surface area contributed by atoms with Crippen molar-refractivity contribution in [3.05, 3.63) is 87.2 Å². The van der Waals surface area contributed by atoms with Crippen LogP contribution in [-0.4, -0.2) is 10.5 Å². The largest absolute Gasteiger partial charge is 0.354 e. The summed E-state index contributed by atoms with van der Waals surface area (Å²) in [5.74, 6) is -0.0808. The fourth-order valence-corrected chi connectivity index (χ4v) is 3.62. The van der Waals surface area contributed by atoms with Crippen molar-refractivity contribution >= 4 is 34.8 Å². The Bertz CT molecular complexity index is 978. The summed E-state index contributed by atoms with van der Waals surface area (Å²) in [4.78, 5) is 15.0. The molecule has 1 aromatic heterocycles. The van der Waals surface area contributed by atoms with Crippen molar-refractivity contribution in [1.29, 1.82) is 0 Å². The van der Waals surface area contributed by atoms with E-state index >= 15 is 0 Å². The summed E-state index contributed by atoms with van der Waals surface area (Å²) >= 11 is 12.1. The number of amides is 1. The third-order valence-corrected chi connectivity index (χ3v) is 5.42. The molecule has 5 heteroatoms. The number of carbonyl (C=O) groups is 1. The summed E-state index contributed by atoms with van der Waals surface area (Å²) in [5, 5.41) is 0.829. The van der Waals surface area contributed by atoms with Crippen molar-refractivity contribution in [2.24, 2.45) is 7.05 Å². The maximum absolute atomic E-state index is 13.2. The average molecular weight is 371 g/mol. The lowest BCUT2D eigenvalue weighted by Crippen LogP contribution is -2.30. The molecule has 126 valence electrons. The smallest absolute Gasteiger partial charge is 0.258 e. The van der Waals surface area contributed by atoms with Crippen molar-refractivity contribution in [2.45, 2.75) is 13.0 Å². The molecule has 0 aliphatic carbocycles. The summed E-state index contributed by atoms with van der Waals surface area (Å²) in [6.45, 7) is 0.534. The van der Waals surface area contributed by atoms with E-state index < -0.39 is 0 Å². The minimum atomic E-state index is -0.0808. The average Bonchev–Trinajstić information content (AvgIpc) is 2.86. The van der Waals surface area contributed by atoms with E-state index in [1.54, 1.807) is 18.2 Å². The van der Waals surface area contributed by atoms with Crippen molar-refractivity contribution in [3.8, 4) is 0 Å². The molecule has 25 heavy (non-hydrogen) atoms. The van der Waals surface area contributed by atoms with Gasteiger partial charge in [-0.25, -0.2) is 0 Å². The third-order valence-electron chi connectivity index (χ3n) is 4.68. The molecule has 0 bridgehead atoms. The topological polar surface area (TPSA) is 25.2 Å². The number of hydrogen-bond acceptors (Lipinski definition) is 1. The first-order valence-corrected chi connectivity index (χ1v) is 8.78. The van der Waals surface area contributed by atoms with Gasteiger partial charge in [-0.05, 0) is 41.5 Å². The van der Waals surface area contributed by atoms with E-state index in [4.69, 9.17) is 23.2 Å². The summed E-state index contributed by atoms with van der Waals surface area (Å²) in [6, 6.07) is 15.1. The van der Waals surface area contributed by atoms with Gasteiger partial charge in [-0.2, -0.15) is 0 Å². The zero-order chi connectivity index (χ0) is 17.6. The molecule has 0 spiro atoms. The van der Waals surface area contributed by atoms with E-state index in [2.05, 4.69) is 16.7 Å². The SMILES string of the molecule is Cn1ccc2c1Cc1ccccc1N(C(=O)c1ccc(Cl)c(Cl)c1)C2. The number of hydrogen-bond donors (Lipinski definition) is 0. The number of anilines is 1. The molecule has 0 saturated carbocycles. The van der Waals surface area contributed by atoms with Gasteiger partial charge in [-0.3, -0.25) is 4.79 Å². The summed E-state index contributed by atoms with van der Waals surface area (Å²) < 4.78 is 2.12. The quantitative estimate of drug-likeness (QED) is 0.585. The van der Waals surface area contributed by atoms with Crippen molar-refractivity contribution in [3.63, 3.8) is 0 Å². The van der Waals surface area contributed by atoms with E-state index in [-0.39, 0.29) is 5.91 Å². The Morgan fingerprint density at radius 3 is 2.60 bits per heavy atom. The Labute approximate surface area is 156 Å². The minimum Gasteiger partial charge on any atom is -0.354 e. The Hall–Kier alpha value is -2.23. The van der Waals surface area contributed by atoms with Crippen LogP contribution in [0.1, 0.15) is 27.2 Å². The zero-order valence-electron chi connectivity index (χ0n) is 13.7. The first-order chi connectivity index (χ1) is 12.0. The molecule has 1 amide bonds. The fourth-order valence-electron chi connectivity index (χ4n) is 3.32. The van der Waals surface area contributed by atoms with E-state index in [0.29, 0.717) is 22.2 Å². The van der Waals surface area contributed by atoms with Crippen LogP contribution in [0.15, 0.2) is 54.7 Å². The van der Waals surface area contributed by atoms with Crippen LogP contribution < -0.4 is 4.90 Å². The van der Waals surface area contributed by atoms with Crippen LogP contribution in [0.4, 0.5) is 5.69 Å². The van der Waals surface area contributed by atoms with Crippen LogP contribution in [0.5, 0.6) is 0 Å². The first kappa shape index (κ1) is 16.2. The number of aryl methyl sites for hydroxylation is 1. The number of rotatable bonds is 1. The van der Waals surface area contributed by atoms with E-state index in [9.17, 15) is 4.79 Å². The molecule has 3 aromatic rings. The standard InChI is InChI=1S/C20H16Cl2N2O/c1-23-9-8-15-12-24(18-5-3-2-4-13(18)11-19(15)23)20(25)14-6-7-16(21)17(22)10-14/h2-10H,11-12H2,1H3. The van der Waals surface area contributed by atoms with Gasteiger partial charge in [-0.15, -0.1) is 0 Å². The number of halogens is 2. The molecule has 1 aliphatic heterocycles. The Morgan fingerprint density at radius 2 is 1.80 bits per heavy atom. The number of fused-ring (bicyclic) bond motifs is 2. The van der Waals surface area contributed by atoms with Gasteiger partial charge in [0.05, 0.1) is 16.6 Å². The van der Waals surface area contributed by atoms with Gasteiger partial charge >= 0.3 is 0 Å². The lowest BCUT2D eigenvalue weighted by Gasteiger charge is -2.23. The molecule has 0 atom stereocenters. The van der Waals surface area contributed by atoms with Crippen LogP contribution in [-0.2, 0) is 20.0 Å². The highest BCUT2D eigenvalue weighted by molar-refractivity contribution is 6.42.